The lowest BCUT2D eigenvalue weighted by Gasteiger charge is -2.44. The Labute approximate surface area is 247 Å². The van der Waals surface area contributed by atoms with Crippen LogP contribution < -0.4 is 10.6 Å². The van der Waals surface area contributed by atoms with Crippen molar-refractivity contribution in [1.82, 2.24) is 15.5 Å². The minimum Gasteiger partial charge on any atom is -0.508 e. The van der Waals surface area contributed by atoms with Crippen LogP contribution >= 0.6 is 11.8 Å². The van der Waals surface area contributed by atoms with Crippen molar-refractivity contribution < 1.29 is 33.8 Å². The Hall–Kier alpha value is -4.51. The maximum atomic E-state index is 13.5. The number of aromatic hydroxyl groups is 1. The number of nitrogens with one attached hydrogen (secondary N) is 2. The maximum absolute atomic E-state index is 13.5. The fraction of sp³-hybridized carbons (Fsp3) is 0.290. The van der Waals surface area contributed by atoms with E-state index in [-0.39, 0.29) is 19.0 Å². The predicted octanol–water partition coefficient (Wildman–Crippen LogP) is 3.65. The number of carbonyl (C=O) groups excluding carboxylic acids is 4. The molecule has 218 valence electrons. The molecular formula is C31H31N3O7S. The van der Waals surface area contributed by atoms with Crippen LogP contribution in [0.1, 0.15) is 36.6 Å². The first-order chi connectivity index (χ1) is 20.1. The van der Waals surface area contributed by atoms with Gasteiger partial charge in [0.2, 0.25) is 11.8 Å². The van der Waals surface area contributed by atoms with E-state index in [2.05, 4.69) is 10.6 Å². The lowest BCUT2D eigenvalue weighted by atomic mass is 9.95. The van der Waals surface area contributed by atoms with E-state index < -0.39 is 52.1 Å². The summed E-state index contributed by atoms with van der Waals surface area (Å²) >= 11 is 1.40. The van der Waals surface area contributed by atoms with Crippen molar-refractivity contribution in [3.8, 4) is 5.75 Å². The highest BCUT2D eigenvalue weighted by Gasteiger charge is 2.64. The van der Waals surface area contributed by atoms with Crippen molar-refractivity contribution in [3.63, 3.8) is 0 Å². The number of β-lactam (4-membered cyclic amide) rings is 1. The number of hydrogen-bond donors (Lipinski definition) is 3. The van der Waals surface area contributed by atoms with Gasteiger partial charge >= 0.3 is 12.1 Å². The molecule has 42 heavy (non-hydrogen) atoms. The van der Waals surface area contributed by atoms with Crippen LogP contribution in [0.2, 0.25) is 0 Å². The van der Waals surface area contributed by atoms with Gasteiger partial charge in [0.05, 0.1) is 0 Å². The number of benzene rings is 3. The van der Waals surface area contributed by atoms with E-state index in [1.807, 2.05) is 62.4 Å². The molecule has 0 radical (unpaired) electrons. The van der Waals surface area contributed by atoms with Crippen LogP contribution in [-0.2, 0) is 37.1 Å². The quantitative estimate of drug-likeness (QED) is 0.254. The molecule has 3 N–H and O–H groups in total. The molecule has 0 spiro atoms. The topological polar surface area (TPSA) is 134 Å². The molecule has 0 bridgehead atoms. The van der Waals surface area contributed by atoms with Crippen LogP contribution in [0.3, 0.4) is 0 Å². The molecule has 5 rings (SSSR count). The lowest BCUT2D eigenvalue weighted by Crippen LogP contribution is -2.71. The van der Waals surface area contributed by atoms with Gasteiger partial charge in [-0.2, -0.15) is 0 Å². The number of phenols is 1. The minimum absolute atomic E-state index is 0.00220. The zero-order valence-corrected chi connectivity index (χ0v) is 23.9. The second-order valence-electron chi connectivity index (χ2n) is 10.6. The monoisotopic (exact) mass is 589 g/mol. The van der Waals surface area contributed by atoms with E-state index in [0.717, 1.165) is 11.1 Å². The number of nitrogens with zero attached hydrogens (tertiary/aromatic N) is 1. The molecule has 3 aromatic carbocycles. The van der Waals surface area contributed by atoms with Gasteiger partial charge in [-0.3, -0.25) is 9.59 Å². The first-order valence-corrected chi connectivity index (χ1v) is 14.3. The number of alkyl carbamates (subject to hydrolysis) is 1. The van der Waals surface area contributed by atoms with Gasteiger partial charge in [-0.05, 0) is 42.7 Å². The van der Waals surface area contributed by atoms with Crippen LogP contribution in [0.4, 0.5) is 4.79 Å². The van der Waals surface area contributed by atoms with Gasteiger partial charge < -0.3 is 30.1 Å². The fourth-order valence-electron chi connectivity index (χ4n) is 5.02. The van der Waals surface area contributed by atoms with Gasteiger partial charge in [-0.1, -0.05) is 72.8 Å². The Morgan fingerprint density at radius 1 is 0.905 bits per heavy atom. The molecule has 4 atom stereocenters. The van der Waals surface area contributed by atoms with Gasteiger partial charge in [0.1, 0.15) is 42.5 Å². The van der Waals surface area contributed by atoms with Gasteiger partial charge in [0, 0.05) is 4.75 Å². The first kappa shape index (κ1) is 29.0. The number of rotatable bonds is 9. The summed E-state index contributed by atoms with van der Waals surface area (Å²) in [5.41, 5.74) is 1.99. The number of carbonyl (C=O) groups is 4. The second-order valence-corrected chi connectivity index (χ2v) is 12.3. The molecule has 2 aliphatic rings. The summed E-state index contributed by atoms with van der Waals surface area (Å²) < 4.78 is 10.2. The van der Waals surface area contributed by atoms with E-state index in [1.54, 1.807) is 12.1 Å². The Morgan fingerprint density at radius 3 is 2.07 bits per heavy atom. The number of fused-ring (bicyclic) bond motifs is 1. The molecule has 0 aliphatic carbocycles. The molecule has 0 aromatic heterocycles. The zero-order valence-electron chi connectivity index (χ0n) is 23.1. The summed E-state index contributed by atoms with van der Waals surface area (Å²) in [7, 11) is 0. The average molecular weight is 590 g/mol. The summed E-state index contributed by atoms with van der Waals surface area (Å²) in [6, 6.07) is 21.2. The number of hydrogen-bond acceptors (Lipinski definition) is 8. The summed E-state index contributed by atoms with van der Waals surface area (Å²) in [5, 5.41) is 14.5. The van der Waals surface area contributed by atoms with Crippen molar-refractivity contribution in [2.45, 2.75) is 55.3 Å². The van der Waals surface area contributed by atoms with Crippen LogP contribution in [0, 0.1) is 0 Å². The molecule has 2 saturated heterocycles. The van der Waals surface area contributed by atoms with Gasteiger partial charge in [0.15, 0.2) is 0 Å². The van der Waals surface area contributed by atoms with E-state index in [9.17, 15) is 24.3 Å². The largest absolute Gasteiger partial charge is 0.508 e. The van der Waals surface area contributed by atoms with Crippen LogP contribution in [0.5, 0.6) is 5.75 Å². The number of ether oxygens (including phenoxy) is 2. The summed E-state index contributed by atoms with van der Waals surface area (Å²) in [6.07, 6.45) is -0.828. The van der Waals surface area contributed by atoms with E-state index >= 15 is 0 Å². The number of phenolic OH excluding ortho intramolecular Hbond substituents is 1. The number of thioether (sulfide) groups is 1. The summed E-state index contributed by atoms with van der Waals surface area (Å²) in [5.74, 6) is -1.57. The van der Waals surface area contributed by atoms with E-state index in [4.69, 9.17) is 9.47 Å². The van der Waals surface area contributed by atoms with Crippen molar-refractivity contribution in [3.05, 3.63) is 102 Å². The van der Waals surface area contributed by atoms with E-state index in [1.165, 1.54) is 40.9 Å². The van der Waals surface area contributed by atoms with Crippen molar-refractivity contribution in [2.24, 2.45) is 0 Å². The molecule has 2 aliphatic heterocycles. The first-order valence-electron chi connectivity index (χ1n) is 13.4. The van der Waals surface area contributed by atoms with Crippen molar-refractivity contribution in [1.29, 1.82) is 0 Å². The van der Waals surface area contributed by atoms with Gasteiger partial charge in [0.25, 0.3) is 0 Å². The molecular weight excluding hydrogens is 558 g/mol. The Balaban J connectivity index is 1.25. The predicted molar refractivity (Wildman–Crippen MR) is 155 cm³/mol. The summed E-state index contributed by atoms with van der Waals surface area (Å²) in [6.45, 7) is 3.81. The third-order valence-electron chi connectivity index (χ3n) is 7.15. The van der Waals surface area contributed by atoms with Crippen LogP contribution in [0.25, 0.3) is 0 Å². The molecule has 2 heterocycles. The molecule has 10 nitrogen and oxygen atoms in total. The lowest BCUT2D eigenvalue weighted by molar-refractivity contribution is -0.165. The third-order valence-corrected chi connectivity index (χ3v) is 8.72. The highest BCUT2D eigenvalue weighted by atomic mass is 32.2. The second kappa shape index (κ2) is 12.2. The highest BCUT2D eigenvalue weighted by Crippen LogP contribution is 2.51. The molecule has 0 saturated carbocycles. The number of amides is 3. The van der Waals surface area contributed by atoms with Gasteiger partial charge in [-0.15, -0.1) is 11.8 Å². The molecule has 3 aromatic rings. The van der Waals surface area contributed by atoms with Crippen LogP contribution in [-0.4, -0.2) is 56.1 Å². The smallest absolute Gasteiger partial charge is 0.408 e. The molecule has 11 heteroatoms. The standard InChI is InChI=1S/C31H31N3O7S/c1-31(2)25(29(38)40-17-19-9-5-3-6-10-19)34-27(37)24(28(34)42-31)32-26(36)23(21-13-15-22(35)16-14-21)33-30(39)41-18-20-11-7-4-8-12-20/h3-16,23-25,28,35H,17-18H2,1-2H3,(H,32,36)(H,33,39)/t23?,24?,25-,28+/m0/s1. The van der Waals surface area contributed by atoms with Crippen LogP contribution in [0.15, 0.2) is 84.9 Å². The molecule has 2 unspecified atom stereocenters. The highest BCUT2D eigenvalue weighted by molar-refractivity contribution is 8.01. The van der Waals surface area contributed by atoms with Crippen molar-refractivity contribution in [2.75, 3.05) is 0 Å². The van der Waals surface area contributed by atoms with E-state index in [0.29, 0.717) is 5.56 Å². The normalized spacial score (nSPS) is 21.0. The Kier molecular flexibility index (Phi) is 8.39. The molecule has 3 amide bonds. The SMILES string of the molecule is CC1(C)S[C@@H]2C(NC(=O)C(NC(=O)OCc3ccccc3)c3ccc(O)cc3)C(=O)N2[C@H]1C(=O)OCc1ccccc1. The Bertz CT molecular complexity index is 1450. The average Bonchev–Trinajstić information content (AvgIpc) is 3.25. The van der Waals surface area contributed by atoms with Crippen molar-refractivity contribution >= 4 is 35.6 Å². The summed E-state index contributed by atoms with van der Waals surface area (Å²) in [4.78, 5) is 54.0. The fourth-order valence-corrected chi connectivity index (χ4v) is 6.64. The number of esters is 1. The van der Waals surface area contributed by atoms with Gasteiger partial charge in [-0.25, -0.2) is 9.59 Å². The zero-order chi connectivity index (χ0) is 29.9. The maximum Gasteiger partial charge on any atom is 0.408 e. The third kappa shape index (κ3) is 6.20. The minimum atomic E-state index is -1.21. The Morgan fingerprint density at radius 2 is 1.48 bits per heavy atom. The molecule has 2 fully saturated rings.